The Morgan fingerprint density at radius 1 is 1.17 bits per heavy atom. The predicted octanol–water partition coefficient (Wildman–Crippen LogP) is 4.36. The summed E-state index contributed by atoms with van der Waals surface area (Å²) in [4.78, 5) is 24.3. The number of aromatic nitrogens is 2. The molecule has 8 nitrogen and oxygen atoms in total. The van der Waals surface area contributed by atoms with Gasteiger partial charge in [-0.15, -0.1) is 0 Å². The lowest BCUT2D eigenvalue weighted by molar-refractivity contribution is -0.137. The average Bonchev–Trinajstić information content (AvgIpc) is 2.79. The van der Waals surface area contributed by atoms with Crippen molar-refractivity contribution in [2.24, 2.45) is 5.92 Å². The third-order valence-electron chi connectivity index (χ3n) is 6.58. The molecule has 36 heavy (non-hydrogen) atoms. The van der Waals surface area contributed by atoms with Gasteiger partial charge in [0.15, 0.2) is 0 Å². The minimum atomic E-state index is -4.61. The standard InChI is InChI=1S/C24H31ClF3N7O/c1-34-10-12-35(13-11-34)17-6-7-20(19(25)14-17)32-23-31-15-18(24(26,27)28)21(33-23)29-8-3-9-30-22(36)16-4-2-5-16/h6-7,14-16H,2-5,8-13H2,1H3,(H,30,36)(H2,29,31,32,33). The number of hydrogen-bond acceptors (Lipinski definition) is 7. The van der Waals surface area contributed by atoms with Crippen LogP contribution in [-0.4, -0.2) is 67.1 Å². The first kappa shape index (κ1) is 26.3. The van der Waals surface area contributed by atoms with Crippen molar-refractivity contribution in [2.75, 3.05) is 61.8 Å². The first-order valence-electron chi connectivity index (χ1n) is 12.2. The molecule has 2 aliphatic rings. The Kier molecular flexibility index (Phi) is 8.40. The van der Waals surface area contributed by atoms with Gasteiger partial charge in [0.2, 0.25) is 11.9 Å². The van der Waals surface area contributed by atoms with E-state index in [9.17, 15) is 18.0 Å². The highest BCUT2D eigenvalue weighted by atomic mass is 35.5. The van der Waals surface area contributed by atoms with Gasteiger partial charge in [0.1, 0.15) is 11.4 Å². The van der Waals surface area contributed by atoms with Crippen molar-refractivity contribution >= 4 is 40.6 Å². The molecule has 1 aliphatic carbocycles. The van der Waals surface area contributed by atoms with Crippen LogP contribution in [0.2, 0.25) is 5.02 Å². The largest absolute Gasteiger partial charge is 0.421 e. The fourth-order valence-corrected chi connectivity index (χ4v) is 4.32. The maximum atomic E-state index is 13.5. The van der Waals surface area contributed by atoms with E-state index in [4.69, 9.17) is 11.6 Å². The molecule has 0 bridgehead atoms. The number of halogens is 4. The van der Waals surface area contributed by atoms with Crippen LogP contribution in [0.4, 0.5) is 36.3 Å². The lowest BCUT2D eigenvalue weighted by Crippen LogP contribution is -2.44. The molecular weight excluding hydrogens is 495 g/mol. The van der Waals surface area contributed by atoms with Crippen LogP contribution in [0.3, 0.4) is 0 Å². The number of carbonyl (C=O) groups is 1. The van der Waals surface area contributed by atoms with Crippen molar-refractivity contribution in [1.29, 1.82) is 0 Å². The molecule has 2 heterocycles. The molecule has 1 saturated heterocycles. The molecule has 1 saturated carbocycles. The second-order valence-corrected chi connectivity index (χ2v) is 9.64. The number of benzene rings is 1. The summed E-state index contributed by atoms with van der Waals surface area (Å²) >= 11 is 6.47. The van der Waals surface area contributed by atoms with Crippen molar-refractivity contribution in [1.82, 2.24) is 20.2 Å². The number of nitrogens with one attached hydrogen (secondary N) is 3. The van der Waals surface area contributed by atoms with Crippen LogP contribution in [0.5, 0.6) is 0 Å². The van der Waals surface area contributed by atoms with Gasteiger partial charge in [0.25, 0.3) is 0 Å². The lowest BCUT2D eigenvalue weighted by atomic mass is 9.85. The number of anilines is 4. The number of amides is 1. The van der Waals surface area contributed by atoms with Gasteiger partial charge < -0.3 is 25.8 Å². The minimum absolute atomic E-state index is 0.00182. The zero-order chi connectivity index (χ0) is 25.7. The fraction of sp³-hybridized carbons (Fsp3) is 0.542. The molecule has 0 unspecified atom stereocenters. The Hall–Kier alpha value is -2.79. The number of nitrogens with zero attached hydrogens (tertiary/aromatic N) is 4. The number of piperazine rings is 1. The summed E-state index contributed by atoms with van der Waals surface area (Å²) in [7, 11) is 2.08. The normalized spacial score (nSPS) is 17.0. The number of carbonyl (C=O) groups excluding carboxylic acids is 1. The van der Waals surface area contributed by atoms with Gasteiger partial charge in [-0.25, -0.2) is 4.98 Å². The highest BCUT2D eigenvalue weighted by Gasteiger charge is 2.35. The van der Waals surface area contributed by atoms with Crippen molar-refractivity contribution in [2.45, 2.75) is 31.9 Å². The summed E-state index contributed by atoms with van der Waals surface area (Å²) in [5, 5.41) is 8.92. The minimum Gasteiger partial charge on any atom is -0.369 e. The van der Waals surface area contributed by atoms with E-state index in [2.05, 4.69) is 42.8 Å². The molecule has 1 aromatic heterocycles. The van der Waals surface area contributed by atoms with E-state index in [0.29, 0.717) is 23.7 Å². The summed E-state index contributed by atoms with van der Waals surface area (Å²) in [6.07, 6.45) is -0.530. The van der Waals surface area contributed by atoms with Crippen molar-refractivity contribution in [3.8, 4) is 0 Å². The Balaban J connectivity index is 1.38. The van der Waals surface area contributed by atoms with E-state index < -0.39 is 11.7 Å². The maximum absolute atomic E-state index is 13.5. The van der Waals surface area contributed by atoms with E-state index >= 15 is 0 Å². The van der Waals surface area contributed by atoms with Gasteiger partial charge in [-0.2, -0.15) is 18.2 Å². The van der Waals surface area contributed by atoms with Gasteiger partial charge in [0, 0.05) is 57.1 Å². The second-order valence-electron chi connectivity index (χ2n) is 9.23. The summed E-state index contributed by atoms with van der Waals surface area (Å²) in [6.45, 7) is 4.29. The van der Waals surface area contributed by atoms with Gasteiger partial charge >= 0.3 is 6.18 Å². The maximum Gasteiger partial charge on any atom is 0.421 e. The van der Waals surface area contributed by atoms with Crippen molar-refractivity contribution < 1.29 is 18.0 Å². The summed E-state index contributed by atoms with van der Waals surface area (Å²) < 4.78 is 40.5. The summed E-state index contributed by atoms with van der Waals surface area (Å²) in [6, 6.07) is 5.52. The predicted molar refractivity (Wildman–Crippen MR) is 135 cm³/mol. The zero-order valence-electron chi connectivity index (χ0n) is 20.2. The molecule has 0 atom stereocenters. The monoisotopic (exact) mass is 525 g/mol. The molecular formula is C24H31ClF3N7O. The van der Waals surface area contributed by atoms with Crippen LogP contribution in [-0.2, 0) is 11.0 Å². The highest BCUT2D eigenvalue weighted by molar-refractivity contribution is 6.33. The van der Waals surface area contributed by atoms with Crippen molar-refractivity contribution in [3.05, 3.63) is 35.0 Å². The number of alkyl halides is 3. The molecule has 1 amide bonds. The summed E-state index contributed by atoms with van der Waals surface area (Å²) in [5.41, 5.74) is 0.528. The van der Waals surface area contributed by atoms with Crippen LogP contribution in [0.15, 0.2) is 24.4 Å². The highest BCUT2D eigenvalue weighted by Crippen LogP contribution is 2.35. The van der Waals surface area contributed by atoms with Crippen molar-refractivity contribution in [3.63, 3.8) is 0 Å². The number of likely N-dealkylation sites (N-methyl/N-ethyl adjacent to an activating group) is 1. The van der Waals surface area contributed by atoms with Gasteiger partial charge in [-0.05, 0) is 44.5 Å². The Labute approximate surface area is 213 Å². The first-order chi connectivity index (χ1) is 17.2. The topological polar surface area (TPSA) is 85.4 Å². The van der Waals surface area contributed by atoms with E-state index in [1.807, 2.05) is 12.1 Å². The van der Waals surface area contributed by atoms with E-state index in [1.54, 1.807) is 6.07 Å². The fourth-order valence-electron chi connectivity index (χ4n) is 4.09. The van der Waals surface area contributed by atoms with Crippen LogP contribution in [0, 0.1) is 5.92 Å². The molecule has 12 heteroatoms. The molecule has 1 aliphatic heterocycles. The third kappa shape index (κ3) is 6.70. The van der Waals surface area contributed by atoms with E-state index in [-0.39, 0.29) is 30.1 Å². The zero-order valence-corrected chi connectivity index (χ0v) is 20.9. The molecule has 2 fully saturated rings. The molecule has 3 N–H and O–H groups in total. The Morgan fingerprint density at radius 2 is 1.92 bits per heavy atom. The third-order valence-corrected chi connectivity index (χ3v) is 6.90. The van der Waals surface area contributed by atoms with Crippen LogP contribution in [0.25, 0.3) is 0 Å². The molecule has 4 rings (SSSR count). The second kappa shape index (κ2) is 11.5. The number of hydrogen-bond donors (Lipinski definition) is 3. The lowest BCUT2D eigenvalue weighted by Gasteiger charge is -2.34. The Morgan fingerprint density at radius 3 is 2.56 bits per heavy atom. The van der Waals surface area contributed by atoms with E-state index in [1.165, 1.54) is 0 Å². The number of rotatable bonds is 9. The van der Waals surface area contributed by atoms with Gasteiger partial charge in [-0.3, -0.25) is 4.79 Å². The Bertz CT molecular complexity index is 1060. The molecule has 1 aromatic carbocycles. The van der Waals surface area contributed by atoms with Gasteiger partial charge in [-0.1, -0.05) is 18.0 Å². The van der Waals surface area contributed by atoms with E-state index in [0.717, 1.165) is 57.3 Å². The molecule has 2 aromatic rings. The quantitative estimate of drug-likeness (QED) is 0.419. The summed E-state index contributed by atoms with van der Waals surface area (Å²) in [5.74, 6) is -0.234. The first-order valence-corrected chi connectivity index (χ1v) is 12.5. The SMILES string of the molecule is CN1CCN(c2ccc(Nc3ncc(C(F)(F)F)c(NCCCNC(=O)C4CCC4)n3)c(Cl)c2)CC1. The average molecular weight is 526 g/mol. The molecule has 0 spiro atoms. The smallest absolute Gasteiger partial charge is 0.369 e. The molecule has 0 radical (unpaired) electrons. The van der Waals surface area contributed by atoms with Crippen LogP contribution in [0.1, 0.15) is 31.2 Å². The van der Waals surface area contributed by atoms with Crippen LogP contribution < -0.4 is 20.9 Å². The molecule has 196 valence electrons. The van der Waals surface area contributed by atoms with Gasteiger partial charge in [0.05, 0.1) is 10.7 Å². The van der Waals surface area contributed by atoms with Crippen LogP contribution >= 0.6 is 11.6 Å².